The molecule has 15 heavy (non-hydrogen) atoms. The van der Waals surface area contributed by atoms with Crippen LogP contribution < -0.4 is 0 Å². The predicted molar refractivity (Wildman–Crippen MR) is 46.7 cm³/mol. The lowest BCUT2D eigenvalue weighted by Gasteiger charge is -2.23. The maximum absolute atomic E-state index is 12.5. The van der Waals surface area contributed by atoms with Gasteiger partial charge in [0.15, 0.2) is 0 Å². The number of halogens is 3. The van der Waals surface area contributed by atoms with Crippen LogP contribution in [0.15, 0.2) is 35.5 Å². The van der Waals surface area contributed by atoms with E-state index in [9.17, 15) is 13.2 Å². The van der Waals surface area contributed by atoms with Crippen LogP contribution in [-0.4, -0.2) is 17.5 Å². The minimum Gasteiger partial charge on any atom is -0.364 e. The van der Waals surface area contributed by atoms with Crippen LogP contribution in [0.1, 0.15) is 11.8 Å². The van der Waals surface area contributed by atoms with Crippen LogP contribution >= 0.6 is 0 Å². The van der Waals surface area contributed by atoms with Crippen molar-refractivity contribution in [3.63, 3.8) is 0 Å². The largest absolute Gasteiger partial charge is 0.489 e. The molecule has 1 atom stereocenters. The van der Waals surface area contributed by atoms with Gasteiger partial charge in [0.2, 0.25) is 6.23 Å². The van der Waals surface area contributed by atoms with E-state index in [0.717, 1.165) is 0 Å². The van der Waals surface area contributed by atoms with Crippen LogP contribution in [0.5, 0.6) is 0 Å². The lowest BCUT2D eigenvalue weighted by atomic mass is 10.2. The first-order chi connectivity index (χ1) is 7.09. The molecule has 80 valence electrons. The molecule has 0 aliphatic carbocycles. The molecule has 0 radical (unpaired) electrons. The Hall–Kier alpha value is -1.72. The van der Waals surface area contributed by atoms with Crippen LogP contribution in [0, 0.1) is 0 Å². The Balaban J connectivity index is 2.25. The van der Waals surface area contributed by atoms with Crippen LogP contribution in [0.3, 0.4) is 0 Å². The Bertz CT molecular complexity index is 363. The highest BCUT2D eigenvalue weighted by Crippen LogP contribution is 2.34. The third kappa shape index (κ3) is 1.88. The predicted octanol–water partition coefficient (Wildman–Crippen LogP) is 2.48. The van der Waals surface area contributed by atoms with Gasteiger partial charge in [0, 0.05) is 5.56 Å². The smallest absolute Gasteiger partial charge is 0.364 e. The van der Waals surface area contributed by atoms with Gasteiger partial charge in [-0.15, -0.1) is 13.2 Å². The third-order valence-corrected chi connectivity index (χ3v) is 1.96. The molecular formula is C9H7F3N2O. The maximum Gasteiger partial charge on any atom is 0.489 e. The standard InChI is InChI=1S/C9H7F3N2O/c10-9(11,12)14-6-13-15-8(14)7-4-2-1-3-5-7/h1-6,8H. The molecular weight excluding hydrogens is 209 g/mol. The fraction of sp³-hybridized carbons (Fsp3) is 0.222. The van der Waals surface area contributed by atoms with E-state index in [0.29, 0.717) is 11.9 Å². The lowest BCUT2D eigenvalue weighted by molar-refractivity contribution is -0.250. The van der Waals surface area contributed by atoms with E-state index in [4.69, 9.17) is 0 Å². The molecule has 3 nitrogen and oxygen atoms in total. The number of benzene rings is 1. The molecule has 1 unspecified atom stereocenters. The number of hydrogen-bond donors (Lipinski definition) is 0. The number of hydrogen-bond acceptors (Lipinski definition) is 3. The molecule has 2 rings (SSSR count). The normalized spacial score (nSPS) is 20.5. The SMILES string of the molecule is FC(F)(F)N1C=NOC1c1ccccc1. The van der Waals surface area contributed by atoms with Crippen LogP contribution in [0.4, 0.5) is 13.2 Å². The molecule has 0 spiro atoms. The summed E-state index contributed by atoms with van der Waals surface area (Å²) in [6.45, 7) is 0. The molecule has 0 saturated heterocycles. The molecule has 6 heteroatoms. The zero-order valence-electron chi connectivity index (χ0n) is 7.48. The van der Waals surface area contributed by atoms with E-state index in [-0.39, 0.29) is 4.90 Å². The quantitative estimate of drug-likeness (QED) is 0.673. The zero-order valence-corrected chi connectivity index (χ0v) is 7.48. The first kappa shape index (κ1) is 9.82. The lowest BCUT2D eigenvalue weighted by Crippen LogP contribution is -2.37. The molecule has 0 amide bonds. The molecule has 1 aromatic rings. The van der Waals surface area contributed by atoms with Crippen LogP contribution in [-0.2, 0) is 4.84 Å². The van der Waals surface area contributed by atoms with Gasteiger partial charge in [-0.05, 0) is 0 Å². The van der Waals surface area contributed by atoms with Gasteiger partial charge in [-0.3, -0.25) is 0 Å². The van der Waals surface area contributed by atoms with Crippen molar-refractivity contribution in [1.82, 2.24) is 4.90 Å². The van der Waals surface area contributed by atoms with Crippen molar-refractivity contribution >= 4 is 6.34 Å². The number of rotatable bonds is 1. The van der Waals surface area contributed by atoms with Gasteiger partial charge in [0.05, 0.1) is 0 Å². The average molecular weight is 216 g/mol. The van der Waals surface area contributed by atoms with E-state index in [1.54, 1.807) is 30.3 Å². The van der Waals surface area contributed by atoms with Crippen molar-refractivity contribution in [2.75, 3.05) is 0 Å². The van der Waals surface area contributed by atoms with E-state index < -0.39 is 12.5 Å². The summed E-state index contributed by atoms with van der Waals surface area (Å²) >= 11 is 0. The molecule has 1 heterocycles. The summed E-state index contributed by atoms with van der Waals surface area (Å²) in [5.74, 6) is 0. The molecule has 1 aromatic carbocycles. The fourth-order valence-corrected chi connectivity index (χ4v) is 1.28. The van der Waals surface area contributed by atoms with Crippen LogP contribution in [0.25, 0.3) is 0 Å². The van der Waals surface area contributed by atoms with E-state index >= 15 is 0 Å². The minimum atomic E-state index is -4.49. The molecule has 1 aliphatic rings. The summed E-state index contributed by atoms with van der Waals surface area (Å²) < 4.78 is 37.4. The van der Waals surface area contributed by atoms with Crippen molar-refractivity contribution in [1.29, 1.82) is 0 Å². The Morgan fingerprint density at radius 3 is 2.47 bits per heavy atom. The first-order valence-corrected chi connectivity index (χ1v) is 4.18. The summed E-state index contributed by atoms with van der Waals surface area (Å²) in [5, 5.41) is 3.17. The number of alkyl halides is 3. The molecule has 0 bridgehead atoms. The molecule has 1 aliphatic heterocycles. The van der Waals surface area contributed by atoms with Gasteiger partial charge >= 0.3 is 6.30 Å². The molecule has 0 N–H and O–H groups in total. The molecule has 0 saturated carbocycles. The third-order valence-electron chi connectivity index (χ3n) is 1.96. The van der Waals surface area contributed by atoms with E-state index in [2.05, 4.69) is 9.99 Å². The Labute approximate surface area is 83.7 Å². The number of nitrogens with zero attached hydrogens (tertiary/aromatic N) is 2. The summed E-state index contributed by atoms with van der Waals surface area (Å²) in [7, 11) is 0. The highest BCUT2D eigenvalue weighted by atomic mass is 19.4. The van der Waals surface area contributed by atoms with Crippen molar-refractivity contribution in [3.8, 4) is 0 Å². The summed E-state index contributed by atoms with van der Waals surface area (Å²) in [6, 6.07) is 8.12. The van der Waals surface area contributed by atoms with Crippen molar-refractivity contribution in [3.05, 3.63) is 35.9 Å². The summed E-state index contributed by atoms with van der Waals surface area (Å²) in [4.78, 5) is 4.77. The van der Waals surface area contributed by atoms with Crippen molar-refractivity contribution in [2.24, 2.45) is 5.16 Å². The minimum absolute atomic E-state index is 0.113. The Kier molecular flexibility index (Phi) is 2.26. The highest BCUT2D eigenvalue weighted by molar-refractivity contribution is 5.57. The average Bonchev–Trinajstić information content (AvgIpc) is 2.67. The van der Waals surface area contributed by atoms with E-state index in [1.165, 1.54) is 0 Å². The first-order valence-electron chi connectivity index (χ1n) is 4.18. The van der Waals surface area contributed by atoms with Gasteiger partial charge in [-0.25, -0.2) is 4.90 Å². The summed E-state index contributed by atoms with van der Waals surface area (Å²) in [6.07, 6.45) is -5.07. The zero-order chi connectivity index (χ0) is 10.9. The van der Waals surface area contributed by atoms with E-state index in [1.807, 2.05) is 0 Å². The van der Waals surface area contributed by atoms with Crippen molar-refractivity contribution < 1.29 is 18.0 Å². The second-order valence-electron chi connectivity index (χ2n) is 2.96. The van der Waals surface area contributed by atoms with Gasteiger partial charge in [-0.1, -0.05) is 35.5 Å². The Morgan fingerprint density at radius 1 is 1.20 bits per heavy atom. The van der Waals surface area contributed by atoms with Gasteiger partial charge in [-0.2, -0.15) is 0 Å². The topological polar surface area (TPSA) is 24.8 Å². The monoisotopic (exact) mass is 216 g/mol. The molecule has 0 aromatic heterocycles. The fourth-order valence-electron chi connectivity index (χ4n) is 1.28. The number of oxime groups is 1. The van der Waals surface area contributed by atoms with Crippen LogP contribution in [0.2, 0.25) is 0 Å². The van der Waals surface area contributed by atoms with Gasteiger partial charge < -0.3 is 4.84 Å². The van der Waals surface area contributed by atoms with Crippen molar-refractivity contribution in [2.45, 2.75) is 12.5 Å². The summed E-state index contributed by atoms with van der Waals surface area (Å²) in [5.41, 5.74) is 0.410. The van der Waals surface area contributed by atoms with Gasteiger partial charge in [0.1, 0.15) is 6.34 Å². The van der Waals surface area contributed by atoms with Gasteiger partial charge in [0.25, 0.3) is 0 Å². The maximum atomic E-state index is 12.5. The highest BCUT2D eigenvalue weighted by Gasteiger charge is 2.44. The second kappa shape index (κ2) is 3.45. The molecule has 0 fully saturated rings. The second-order valence-corrected chi connectivity index (χ2v) is 2.96. The Morgan fingerprint density at radius 2 is 1.87 bits per heavy atom.